The van der Waals surface area contributed by atoms with Gasteiger partial charge in [-0.2, -0.15) is 11.8 Å². The molecule has 1 amide bonds. The Kier molecular flexibility index (Phi) is 7.05. The number of carbonyl (C=O) groups is 1. The van der Waals surface area contributed by atoms with Crippen molar-refractivity contribution in [3.63, 3.8) is 0 Å². The molecule has 19 heavy (non-hydrogen) atoms. The molecule has 0 aromatic heterocycles. The highest BCUT2D eigenvalue weighted by Crippen LogP contribution is 2.30. The van der Waals surface area contributed by atoms with Gasteiger partial charge in [0.1, 0.15) is 5.60 Å². The fourth-order valence-electron chi connectivity index (χ4n) is 2.43. The lowest BCUT2D eigenvalue weighted by Gasteiger charge is -2.28. The van der Waals surface area contributed by atoms with Crippen molar-refractivity contribution in [1.82, 2.24) is 5.32 Å². The highest BCUT2D eigenvalue weighted by Gasteiger charge is 2.22. The number of rotatable bonds is 5. The zero-order valence-electron chi connectivity index (χ0n) is 12.8. The van der Waals surface area contributed by atoms with Crippen molar-refractivity contribution in [1.29, 1.82) is 0 Å². The molecule has 3 nitrogen and oxygen atoms in total. The number of hydrogen-bond donors (Lipinski definition) is 1. The van der Waals surface area contributed by atoms with Crippen LogP contribution < -0.4 is 5.32 Å². The molecule has 0 spiro atoms. The molecule has 112 valence electrons. The van der Waals surface area contributed by atoms with Crippen LogP contribution in [0.4, 0.5) is 4.79 Å². The molecule has 0 heterocycles. The van der Waals surface area contributed by atoms with Crippen molar-refractivity contribution in [3.05, 3.63) is 0 Å². The summed E-state index contributed by atoms with van der Waals surface area (Å²) in [6.45, 7) is 8.67. The van der Waals surface area contributed by atoms with Crippen molar-refractivity contribution in [3.8, 4) is 0 Å². The van der Waals surface area contributed by atoms with E-state index in [4.69, 9.17) is 4.74 Å². The highest BCUT2D eigenvalue weighted by atomic mass is 32.2. The van der Waals surface area contributed by atoms with Crippen LogP contribution >= 0.6 is 11.8 Å². The van der Waals surface area contributed by atoms with E-state index < -0.39 is 5.60 Å². The number of alkyl carbamates (subject to hydrolysis) is 1. The summed E-state index contributed by atoms with van der Waals surface area (Å²) >= 11 is 2.05. The fraction of sp³-hybridized carbons (Fsp3) is 0.933. The second-order valence-corrected chi connectivity index (χ2v) is 7.75. The zero-order chi connectivity index (χ0) is 14.3. The second kappa shape index (κ2) is 8.03. The normalized spacial score (nSPS) is 24.0. The molecule has 4 heteroatoms. The molecule has 0 aliphatic heterocycles. The molecule has 0 radical (unpaired) electrons. The van der Waals surface area contributed by atoms with Gasteiger partial charge in [0.25, 0.3) is 0 Å². The van der Waals surface area contributed by atoms with Crippen LogP contribution in [0.25, 0.3) is 0 Å². The molecule has 1 N–H and O–H groups in total. The van der Waals surface area contributed by atoms with Gasteiger partial charge in [0, 0.05) is 6.54 Å². The standard InChI is InChI=1S/C15H29NO2S/c1-5-19-11-13-8-6-12(7-9-13)10-16-14(17)18-15(2,3)4/h12-13H,5-11H2,1-4H3,(H,16,17). The number of amides is 1. The Morgan fingerprint density at radius 3 is 2.32 bits per heavy atom. The number of ether oxygens (including phenoxy) is 1. The molecular weight excluding hydrogens is 258 g/mol. The highest BCUT2D eigenvalue weighted by molar-refractivity contribution is 7.99. The molecule has 1 fully saturated rings. The van der Waals surface area contributed by atoms with Gasteiger partial charge in [-0.3, -0.25) is 0 Å². The van der Waals surface area contributed by atoms with Gasteiger partial charge in [-0.1, -0.05) is 6.92 Å². The van der Waals surface area contributed by atoms with Crippen LogP contribution in [-0.4, -0.2) is 29.7 Å². The van der Waals surface area contributed by atoms with E-state index in [1.165, 1.54) is 37.2 Å². The Balaban J connectivity index is 2.14. The molecule has 1 rings (SSSR count). The Bertz CT molecular complexity index is 268. The first-order valence-corrected chi connectivity index (χ1v) is 8.60. The summed E-state index contributed by atoms with van der Waals surface area (Å²) in [7, 11) is 0. The second-order valence-electron chi connectivity index (χ2n) is 6.43. The number of nitrogens with one attached hydrogen (secondary N) is 1. The third kappa shape index (κ3) is 7.71. The summed E-state index contributed by atoms with van der Waals surface area (Å²) < 4.78 is 5.25. The van der Waals surface area contributed by atoms with E-state index in [2.05, 4.69) is 24.0 Å². The van der Waals surface area contributed by atoms with E-state index in [0.29, 0.717) is 5.92 Å². The van der Waals surface area contributed by atoms with Crippen molar-refractivity contribution in [2.24, 2.45) is 11.8 Å². The molecule has 0 bridgehead atoms. The minimum atomic E-state index is -0.404. The fourth-order valence-corrected chi connectivity index (χ4v) is 3.33. The van der Waals surface area contributed by atoms with Crippen molar-refractivity contribution < 1.29 is 9.53 Å². The summed E-state index contributed by atoms with van der Waals surface area (Å²) in [5.74, 6) is 4.06. The SMILES string of the molecule is CCSCC1CCC(CNC(=O)OC(C)(C)C)CC1. The van der Waals surface area contributed by atoms with E-state index in [-0.39, 0.29) is 6.09 Å². The molecule has 1 aliphatic rings. The number of carbonyl (C=O) groups excluding carboxylic acids is 1. The zero-order valence-corrected chi connectivity index (χ0v) is 13.6. The Morgan fingerprint density at radius 2 is 1.79 bits per heavy atom. The smallest absolute Gasteiger partial charge is 0.407 e. The predicted octanol–water partition coefficient (Wildman–Crippen LogP) is 4.07. The van der Waals surface area contributed by atoms with Gasteiger partial charge < -0.3 is 10.1 Å². The van der Waals surface area contributed by atoms with Gasteiger partial charge in [0.15, 0.2) is 0 Å². The topological polar surface area (TPSA) is 38.3 Å². The van der Waals surface area contributed by atoms with E-state index in [1.807, 2.05) is 20.8 Å². The summed E-state index contributed by atoms with van der Waals surface area (Å²) in [6, 6.07) is 0. The van der Waals surface area contributed by atoms with E-state index in [1.54, 1.807) is 0 Å². The molecule has 1 aliphatic carbocycles. The van der Waals surface area contributed by atoms with E-state index in [0.717, 1.165) is 12.5 Å². The molecule has 0 aromatic rings. The lowest BCUT2D eigenvalue weighted by atomic mass is 9.83. The maximum Gasteiger partial charge on any atom is 0.407 e. The average molecular weight is 287 g/mol. The van der Waals surface area contributed by atoms with Crippen LogP contribution in [0.3, 0.4) is 0 Å². The molecule has 0 saturated heterocycles. The first-order valence-electron chi connectivity index (χ1n) is 7.45. The summed E-state index contributed by atoms with van der Waals surface area (Å²) in [6.07, 6.45) is 4.83. The Hall–Kier alpha value is -0.380. The Morgan fingerprint density at radius 1 is 1.21 bits per heavy atom. The van der Waals surface area contributed by atoms with Gasteiger partial charge in [0.2, 0.25) is 0 Å². The van der Waals surface area contributed by atoms with E-state index in [9.17, 15) is 4.79 Å². The first kappa shape index (κ1) is 16.7. The third-order valence-corrected chi connectivity index (χ3v) is 4.57. The van der Waals surface area contributed by atoms with Gasteiger partial charge in [-0.05, 0) is 69.8 Å². The van der Waals surface area contributed by atoms with Gasteiger partial charge in [0.05, 0.1) is 0 Å². The number of hydrogen-bond acceptors (Lipinski definition) is 3. The van der Waals surface area contributed by atoms with Gasteiger partial charge >= 0.3 is 6.09 Å². The summed E-state index contributed by atoms with van der Waals surface area (Å²) in [4.78, 5) is 11.6. The largest absolute Gasteiger partial charge is 0.444 e. The van der Waals surface area contributed by atoms with Crippen molar-refractivity contribution >= 4 is 17.9 Å². The maximum atomic E-state index is 11.6. The minimum Gasteiger partial charge on any atom is -0.444 e. The quantitative estimate of drug-likeness (QED) is 0.828. The lowest BCUT2D eigenvalue weighted by Crippen LogP contribution is -2.36. The van der Waals surface area contributed by atoms with Crippen molar-refractivity contribution in [2.75, 3.05) is 18.1 Å². The molecular formula is C15H29NO2S. The maximum absolute atomic E-state index is 11.6. The van der Waals surface area contributed by atoms with Crippen LogP contribution in [0.5, 0.6) is 0 Å². The van der Waals surface area contributed by atoms with Crippen molar-refractivity contribution in [2.45, 2.75) is 59.0 Å². The molecule has 1 saturated carbocycles. The molecule has 0 unspecified atom stereocenters. The molecule has 0 aromatic carbocycles. The first-order chi connectivity index (χ1) is 8.90. The van der Waals surface area contributed by atoms with Gasteiger partial charge in [-0.15, -0.1) is 0 Å². The summed E-state index contributed by atoms with van der Waals surface area (Å²) in [5.41, 5.74) is -0.404. The third-order valence-electron chi connectivity index (χ3n) is 3.46. The van der Waals surface area contributed by atoms with Crippen LogP contribution in [0, 0.1) is 11.8 Å². The molecule has 0 atom stereocenters. The Labute approximate surface area is 122 Å². The minimum absolute atomic E-state index is 0.281. The van der Waals surface area contributed by atoms with Crippen LogP contribution in [0.15, 0.2) is 0 Å². The lowest BCUT2D eigenvalue weighted by molar-refractivity contribution is 0.0514. The van der Waals surface area contributed by atoms with E-state index >= 15 is 0 Å². The number of thioether (sulfide) groups is 1. The monoisotopic (exact) mass is 287 g/mol. The predicted molar refractivity (Wildman–Crippen MR) is 82.7 cm³/mol. The van der Waals surface area contributed by atoms with Crippen LogP contribution in [0.2, 0.25) is 0 Å². The van der Waals surface area contributed by atoms with Crippen LogP contribution in [0.1, 0.15) is 53.4 Å². The summed E-state index contributed by atoms with van der Waals surface area (Å²) in [5, 5.41) is 2.90. The van der Waals surface area contributed by atoms with Crippen LogP contribution in [-0.2, 0) is 4.74 Å². The van der Waals surface area contributed by atoms with Gasteiger partial charge in [-0.25, -0.2) is 4.79 Å². The average Bonchev–Trinajstić information content (AvgIpc) is 2.33.